The number of nitrogens with one attached hydrogen (secondary N) is 1. The van der Waals surface area contributed by atoms with Gasteiger partial charge in [-0.05, 0) is 18.4 Å². The van der Waals surface area contributed by atoms with Gasteiger partial charge in [-0.2, -0.15) is 0 Å². The number of thiocarbonyl (C=S) groups is 1. The number of carbonyl (C=O) groups excluding carboxylic acids is 1. The Morgan fingerprint density at radius 2 is 2.06 bits per heavy atom. The van der Waals surface area contributed by atoms with Crippen LogP contribution >= 0.6 is 12.2 Å². The molecule has 0 bridgehead atoms. The summed E-state index contributed by atoms with van der Waals surface area (Å²) in [5.74, 6) is -0.487. The fourth-order valence-corrected chi connectivity index (χ4v) is 1.87. The number of unbranched alkanes of at least 4 members (excludes halogenated alkanes) is 1. The summed E-state index contributed by atoms with van der Waals surface area (Å²) >= 11 is 4.99. The fraction of sp³-hybridized carbons (Fsp3) is 0.429. The van der Waals surface area contributed by atoms with E-state index in [0.717, 1.165) is 18.4 Å². The molecule has 1 aromatic carbocycles. The van der Waals surface area contributed by atoms with Crippen LogP contribution in [0, 0.1) is 5.92 Å². The van der Waals surface area contributed by atoms with Gasteiger partial charge in [0.15, 0.2) is 0 Å². The first-order valence-corrected chi connectivity index (χ1v) is 6.67. The van der Waals surface area contributed by atoms with Crippen molar-refractivity contribution in [1.29, 1.82) is 0 Å². The summed E-state index contributed by atoms with van der Waals surface area (Å²) in [6.07, 6.45) is 2.59. The van der Waals surface area contributed by atoms with Gasteiger partial charge < -0.3 is 11.1 Å². The molecule has 0 spiro atoms. The van der Waals surface area contributed by atoms with E-state index >= 15 is 0 Å². The number of rotatable bonds is 7. The molecule has 0 fully saturated rings. The molecule has 18 heavy (non-hydrogen) atoms. The van der Waals surface area contributed by atoms with Gasteiger partial charge in [0.05, 0.1) is 10.9 Å². The van der Waals surface area contributed by atoms with Crippen LogP contribution in [0.15, 0.2) is 30.3 Å². The van der Waals surface area contributed by atoms with Crippen molar-refractivity contribution in [3.05, 3.63) is 35.9 Å². The summed E-state index contributed by atoms with van der Waals surface area (Å²) in [5.41, 5.74) is 6.73. The van der Waals surface area contributed by atoms with E-state index in [1.54, 1.807) is 0 Å². The fourth-order valence-electron chi connectivity index (χ4n) is 1.68. The molecule has 1 aromatic rings. The normalized spacial score (nSPS) is 11.8. The van der Waals surface area contributed by atoms with Crippen molar-refractivity contribution < 1.29 is 4.79 Å². The second kappa shape index (κ2) is 7.82. The SMILES string of the molecule is CCCCNC(=O)C(Cc1ccccc1)C(N)=S. The number of benzene rings is 1. The average molecular weight is 264 g/mol. The molecule has 1 rings (SSSR count). The number of carbonyl (C=O) groups is 1. The Morgan fingerprint density at radius 1 is 1.39 bits per heavy atom. The van der Waals surface area contributed by atoms with E-state index in [-0.39, 0.29) is 10.9 Å². The van der Waals surface area contributed by atoms with Gasteiger partial charge in [0.1, 0.15) is 0 Å². The summed E-state index contributed by atoms with van der Waals surface area (Å²) in [4.78, 5) is 12.2. The highest BCUT2D eigenvalue weighted by Crippen LogP contribution is 2.09. The van der Waals surface area contributed by atoms with E-state index in [2.05, 4.69) is 12.2 Å². The Balaban J connectivity index is 2.60. The molecule has 98 valence electrons. The van der Waals surface area contributed by atoms with Gasteiger partial charge in [-0.1, -0.05) is 55.9 Å². The van der Waals surface area contributed by atoms with E-state index in [1.165, 1.54) is 0 Å². The third-order valence-corrected chi connectivity index (χ3v) is 3.06. The highest BCUT2D eigenvalue weighted by Gasteiger charge is 2.21. The van der Waals surface area contributed by atoms with Crippen molar-refractivity contribution in [2.24, 2.45) is 11.7 Å². The second-order valence-corrected chi connectivity index (χ2v) is 4.76. The van der Waals surface area contributed by atoms with E-state index in [4.69, 9.17) is 18.0 Å². The van der Waals surface area contributed by atoms with Crippen LogP contribution in [0.5, 0.6) is 0 Å². The molecule has 0 saturated heterocycles. The molecule has 0 aliphatic heterocycles. The van der Waals surface area contributed by atoms with E-state index in [9.17, 15) is 4.79 Å². The van der Waals surface area contributed by atoms with Crippen LogP contribution in [0.25, 0.3) is 0 Å². The minimum atomic E-state index is -0.417. The van der Waals surface area contributed by atoms with Crippen LogP contribution in [0.2, 0.25) is 0 Å². The van der Waals surface area contributed by atoms with Gasteiger partial charge in [0.25, 0.3) is 0 Å². The maximum absolute atomic E-state index is 12.0. The van der Waals surface area contributed by atoms with Crippen molar-refractivity contribution in [1.82, 2.24) is 5.32 Å². The summed E-state index contributed by atoms with van der Waals surface area (Å²) < 4.78 is 0. The number of hydrogen-bond acceptors (Lipinski definition) is 2. The third-order valence-electron chi connectivity index (χ3n) is 2.77. The Bertz CT molecular complexity index is 392. The first-order chi connectivity index (χ1) is 8.65. The highest BCUT2D eigenvalue weighted by atomic mass is 32.1. The molecule has 0 aromatic heterocycles. The van der Waals surface area contributed by atoms with Crippen molar-refractivity contribution in [2.75, 3.05) is 6.54 Å². The predicted octanol–water partition coefficient (Wildman–Crippen LogP) is 2.05. The van der Waals surface area contributed by atoms with Crippen LogP contribution < -0.4 is 11.1 Å². The van der Waals surface area contributed by atoms with Crippen molar-refractivity contribution in [2.45, 2.75) is 26.2 Å². The lowest BCUT2D eigenvalue weighted by Gasteiger charge is -2.15. The predicted molar refractivity (Wildman–Crippen MR) is 78.3 cm³/mol. The van der Waals surface area contributed by atoms with Crippen molar-refractivity contribution in [3.8, 4) is 0 Å². The molecule has 4 heteroatoms. The van der Waals surface area contributed by atoms with Gasteiger partial charge in [-0.25, -0.2) is 0 Å². The molecular weight excluding hydrogens is 244 g/mol. The van der Waals surface area contributed by atoms with Crippen molar-refractivity contribution >= 4 is 23.1 Å². The average Bonchev–Trinajstić information content (AvgIpc) is 2.37. The van der Waals surface area contributed by atoms with Gasteiger partial charge in [-0.3, -0.25) is 4.79 Å². The lowest BCUT2D eigenvalue weighted by Crippen LogP contribution is -2.39. The van der Waals surface area contributed by atoms with E-state index in [0.29, 0.717) is 13.0 Å². The molecule has 1 amide bonds. The topological polar surface area (TPSA) is 55.1 Å². The quantitative estimate of drug-likeness (QED) is 0.585. The Kier molecular flexibility index (Phi) is 6.36. The van der Waals surface area contributed by atoms with Gasteiger partial charge in [-0.15, -0.1) is 0 Å². The lowest BCUT2D eigenvalue weighted by atomic mass is 9.98. The summed E-state index contributed by atoms with van der Waals surface area (Å²) in [6, 6.07) is 9.79. The zero-order chi connectivity index (χ0) is 13.4. The zero-order valence-corrected chi connectivity index (χ0v) is 11.5. The number of amides is 1. The van der Waals surface area contributed by atoms with Crippen LogP contribution in [-0.2, 0) is 11.2 Å². The highest BCUT2D eigenvalue weighted by molar-refractivity contribution is 7.80. The standard InChI is InChI=1S/C14H20N2OS/c1-2-3-9-16-14(17)12(13(15)18)10-11-7-5-4-6-8-11/h4-8,12H,2-3,9-10H2,1H3,(H2,15,18)(H,16,17). The molecule has 0 heterocycles. The van der Waals surface area contributed by atoms with Gasteiger partial charge in [0, 0.05) is 6.54 Å². The zero-order valence-electron chi connectivity index (χ0n) is 10.7. The minimum Gasteiger partial charge on any atom is -0.393 e. The largest absolute Gasteiger partial charge is 0.393 e. The molecule has 1 unspecified atom stereocenters. The third kappa shape index (κ3) is 4.84. The van der Waals surface area contributed by atoms with E-state index < -0.39 is 5.92 Å². The van der Waals surface area contributed by atoms with Crippen LogP contribution in [0.3, 0.4) is 0 Å². The molecule has 3 N–H and O–H groups in total. The minimum absolute atomic E-state index is 0.0696. The summed E-state index contributed by atoms with van der Waals surface area (Å²) in [6.45, 7) is 2.77. The molecule has 0 saturated carbocycles. The molecule has 0 aliphatic carbocycles. The summed E-state index contributed by atoms with van der Waals surface area (Å²) in [7, 11) is 0. The Labute approximate surface area is 114 Å². The second-order valence-electron chi connectivity index (χ2n) is 4.29. The Morgan fingerprint density at radius 3 is 2.61 bits per heavy atom. The maximum Gasteiger partial charge on any atom is 0.230 e. The number of nitrogens with two attached hydrogens (primary N) is 1. The van der Waals surface area contributed by atoms with Crippen LogP contribution in [0.1, 0.15) is 25.3 Å². The molecular formula is C14H20N2OS. The van der Waals surface area contributed by atoms with Gasteiger partial charge in [0.2, 0.25) is 5.91 Å². The Hall–Kier alpha value is -1.42. The smallest absolute Gasteiger partial charge is 0.230 e. The first kappa shape index (κ1) is 14.6. The van der Waals surface area contributed by atoms with Crippen LogP contribution in [-0.4, -0.2) is 17.4 Å². The molecule has 1 atom stereocenters. The lowest BCUT2D eigenvalue weighted by molar-refractivity contribution is -0.122. The van der Waals surface area contributed by atoms with Crippen LogP contribution in [0.4, 0.5) is 0 Å². The van der Waals surface area contributed by atoms with Crippen molar-refractivity contribution in [3.63, 3.8) is 0 Å². The molecule has 3 nitrogen and oxygen atoms in total. The maximum atomic E-state index is 12.0. The molecule has 0 aliphatic rings. The molecule has 0 radical (unpaired) electrons. The number of hydrogen-bond donors (Lipinski definition) is 2. The first-order valence-electron chi connectivity index (χ1n) is 6.26. The van der Waals surface area contributed by atoms with Gasteiger partial charge >= 0.3 is 0 Å². The summed E-state index contributed by atoms with van der Waals surface area (Å²) in [5, 5.41) is 2.88. The van der Waals surface area contributed by atoms with E-state index in [1.807, 2.05) is 30.3 Å². The monoisotopic (exact) mass is 264 g/mol.